The van der Waals surface area contributed by atoms with Crippen LogP contribution in [0.5, 0.6) is 0 Å². The van der Waals surface area contributed by atoms with Gasteiger partial charge in [-0.05, 0) is 44.4 Å². The van der Waals surface area contributed by atoms with E-state index in [0.717, 1.165) is 25.1 Å². The highest BCUT2D eigenvalue weighted by Crippen LogP contribution is 2.30. The van der Waals surface area contributed by atoms with Crippen LogP contribution in [0.25, 0.3) is 0 Å². The molecule has 0 radical (unpaired) electrons. The summed E-state index contributed by atoms with van der Waals surface area (Å²) in [5.41, 5.74) is 0.241. The second-order valence-electron chi connectivity index (χ2n) is 6.15. The van der Waals surface area contributed by atoms with Gasteiger partial charge in [0, 0.05) is 17.6 Å². The number of carbonyl (C=O) groups is 1. The van der Waals surface area contributed by atoms with Crippen molar-refractivity contribution < 1.29 is 4.79 Å². The van der Waals surface area contributed by atoms with Gasteiger partial charge in [0.15, 0.2) is 0 Å². The van der Waals surface area contributed by atoms with Crippen LogP contribution in [0.3, 0.4) is 0 Å². The van der Waals surface area contributed by atoms with Crippen LogP contribution in [0.4, 0.5) is 0 Å². The Morgan fingerprint density at radius 3 is 2.75 bits per heavy atom. The third-order valence-corrected chi connectivity index (χ3v) is 4.59. The first-order valence-corrected chi connectivity index (χ1v) is 7.57. The molecule has 20 heavy (non-hydrogen) atoms. The summed E-state index contributed by atoms with van der Waals surface area (Å²) in [6.07, 6.45) is 1.09. The van der Waals surface area contributed by atoms with Crippen molar-refractivity contribution >= 4 is 17.5 Å². The number of halogens is 1. The van der Waals surface area contributed by atoms with Crippen LogP contribution in [0.1, 0.15) is 32.8 Å². The molecule has 0 spiro atoms. The maximum Gasteiger partial charge on any atom is 0.230 e. The zero-order valence-corrected chi connectivity index (χ0v) is 13.1. The third-order valence-electron chi connectivity index (χ3n) is 4.26. The molecule has 1 aliphatic rings. The molecule has 1 aliphatic heterocycles. The molecule has 0 saturated carbocycles. The number of hydrogen-bond acceptors (Lipinski definition) is 2. The zero-order chi connectivity index (χ0) is 14.8. The molecule has 1 saturated heterocycles. The van der Waals surface area contributed by atoms with E-state index in [-0.39, 0.29) is 11.9 Å². The molecule has 3 nitrogen and oxygen atoms in total. The molecule has 1 aromatic carbocycles. The molecule has 2 unspecified atom stereocenters. The van der Waals surface area contributed by atoms with E-state index in [2.05, 4.69) is 17.6 Å². The van der Waals surface area contributed by atoms with Gasteiger partial charge in [0.05, 0.1) is 5.41 Å². The van der Waals surface area contributed by atoms with Crippen LogP contribution in [-0.4, -0.2) is 25.0 Å². The molecular weight excluding hydrogens is 272 g/mol. The number of rotatable bonds is 3. The minimum absolute atomic E-state index is 0.0335. The maximum absolute atomic E-state index is 12.6. The molecule has 1 aromatic rings. The second-order valence-corrected chi connectivity index (χ2v) is 6.56. The minimum atomic E-state index is -0.629. The number of benzene rings is 1. The molecule has 1 fully saturated rings. The zero-order valence-electron chi connectivity index (χ0n) is 12.4. The largest absolute Gasteiger partial charge is 0.351 e. The number of hydrogen-bond donors (Lipinski definition) is 2. The van der Waals surface area contributed by atoms with E-state index in [9.17, 15) is 4.79 Å². The van der Waals surface area contributed by atoms with Crippen molar-refractivity contribution in [2.75, 3.05) is 13.1 Å². The molecule has 2 N–H and O–H groups in total. The highest BCUT2D eigenvalue weighted by molar-refractivity contribution is 6.31. The fraction of sp³-hybridized carbons (Fsp3) is 0.562. The lowest BCUT2D eigenvalue weighted by molar-refractivity contribution is -0.126. The molecule has 1 heterocycles. The van der Waals surface area contributed by atoms with Crippen molar-refractivity contribution in [1.29, 1.82) is 0 Å². The molecule has 2 atom stereocenters. The lowest BCUT2D eigenvalue weighted by Gasteiger charge is -2.34. The molecule has 110 valence electrons. The standard InChI is InChI=1S/C16H23ClN2O/c1-11-8-9-18-10-14(11)19-15(20)16(2,3)12-6-4-5-7-13(12)17/h4-7,11,14,18H,8-10H2,1-3H3,(H,19,20). The monoisotopic (exact) mass is 294 g/mol. The lowest BCUT2D eigenvalue weighted by atomic mass is 9.82. The Bertz CT molecular complexity index is 487. The van der Waals surface area contributed by atoms with Crippen molar-refractivity contribution in [1.82, 2.24) is 10.6 Å². The van der Waals surface area contributed by atoms with Gasteiger partial charge in [-0.2, -0.15) is 0 Å². The fourth-order valence-corrected chi connectivity index (χ4v) is 2.99. The molecule has 4 heteroatoms. The summed E-state index contributed by atoms with van der Waals surface area (Å²) >= 11 is 6.23. The summed E-state index contributed by atoms with van der Waals surface area (Å²) in [5.74, 6) is 0.536. The van der Waals surface area contributed by atoms with Gasteiger partial charge in [0.25, 0.3) is 0 Å². The molecule has 0 aliphatic carbocycles. The third kappa shape index (κ3) is 3.15. The maximum atomic E-state index is 12.6. The Morgan fingerprint density at radius 2 is 2.10 bits per heavy atom. The van der Waals surface area contributed by atoms with Crippen molar-refractivity contribution in [2.24, 2.45) is 5.92 Å². The normalized spacial score (nSPS) is 23.4. The summed E-state index contributed by atoms with van der Waals surface area (Å²) in [7, 11) is 0. The van der Waals surface area contributed by atoms with Gasteiger partial charge in [0.2, 0.25) is 5.91 Å². The highest BCUT2D eigenvalue weighted by atomic mass is 35.5. The summed E-state index contributed by atoms with van der Waals surface area (Å²) < 4.78 is 0. The lowest BCUT2D eigenvalue weighted by Crippen LogP contribution is -2.54. The number of piperidine rings is 1. The van der Waals surface area contributed by atoms with E-state index in [0.29, 0.717) is 10.9 Å². The summed E-state index contributed by atoms with van der Waals surface area (Å²) in [6, 6.07) is 7.74. The molecule has 0 bridgehead atoms. The fourth-order valence-electron chi connectivity index (χ4n) is 2.62. The Morgan fingerprint density at radius 1 is 1.40 bits per heavy atom. The van der Waals surface area contributed by atoms with E-state index in [1.165, 1.54) is 0 Å². The number of nitrogens with one attached hydrogen (secondary N) is 2. The number of amides is 1. The average molecular weight is 295 g/mol. The van der Waals surface area contributed by atoms with Crippen LogP contribution in [0.2, 0.25) is 5.02 Å². The van der Waals surface area contributed by atoms with E-state index in [1.807, 2.05) is 38.1 Å². The quantitative estimate of drug-likeness (QED) is 0.900. The van der Waals surface area contributed by atoms with Crippen molar-refractivity contribution in [3.05, 3.63) is 34.9 Å². The Hall–Kier alpha value is -1.06. The van der Waals surface area contributed by atoms with Crippen molar-refractivity contribution in [3.63, 3.8) is 0 Å². The van der Waals surface area contributed by atoms with Gasteiger partial charge >= 0.3 is 0 Å². The first-order chi connectivity index (χ1) is 9.43. The van der Waals surface area contributed by atoms with E-state index < -0.39 is 5.41 Å². The predicted molar refractivity (Wildman–Crippen MR) is 83.1 cm³/mol. The van der Waals surface area contributed by atoms with Crippen molar-refractivity contribution in [3.8, 4) is 0 Å². The Labute approximate surface area is 126 Å². The average Bonchev–Trinajstić information content (AvgIpc) is 2.41. The number of carbonyl (C=O) groups excluding carboxylic acids is 1. The topological polar surface area (TPSA) is 41.1 Å². The minimum Gasteiger partial charge on any atom is -0.351 e. The van der Waals surface area contributed by atoms with Gasteiger partial charge in [-0.15, -0.1) is 0 Å². The summed E-state index contributed by atoms with van der Waals surface area (Å²) in [5, 5.41) is 7.15. The van der Waals surface area contributed by atoms with E-state index in [1.54, 1.807) is 0 Å². The smallest absolute Gasteiger partial charge is 0.230 e. The summed E-state index contributed by atoms with van der Waals surface area (Å²) in [6.45, 7) is 7.90. The second kappa shape index (κ2) is 6.15. The molecule has 2 rings (SSSR count). The van der Waals surface area contributed by atoms with Crippen LogP contribution in [-0.2, 0) is 10.2 Å². The first kappa shape index (κ1) is 15.3. The van der Waals surface area contributed by atoms with Crippen LogP contribution in [0, 0.1) is 5.92 Å². The molecule has 0 aromatic heterocycles. The van der Waals surface area contributed by atoms with Gasteiger partial charge in [-0.25, -0.2) is 0 Å². The SMILES string of the molecule is CC1CCNCC1NC(=O)C(C)(C)c1ccccc1Cl. The predicted octanol–water partition coefficient (Wildman–Crippen LogP) is 2.73. The Balaban J connectivity index is 2.13. The van der Waals surface area contributed by atoms with Gasteiger partial charge in [-0.3, -0.25) is 4.79 Å². The van der Waals surface area contributed by atoms with Crippen molar-refractivity contribution in [2.45, 2.75) is 38.6 Å². The van der Waals surface area contributed by atoms with Crippen LogP contribution >= 0.6 is 11.6 Å². The Kier molecular flexibility index (Phi) is 4.71. The first-order valence-electron chi connectivity index (χ1n) is 7.19. The van der Waals surface area contributed by atoms with E-state index in [4.69, 9.17) is 11.6 Å². The van der Waals surface area contributed by atoms with Gasteiger partial charge in [0.1, 0.15) is 0 Å². The van der Waals surface area contributed by atoms with Gasteiger partial charge in [-0.1, -0.05) is 36.7 Å². The molecular formula is C16H23ClN2O. The van der Waals surface area contributed by atoms with Gasteiger partial charge < -0.3 is 10.6 Å². The molecule has 1 amide bonds. The highest BCUT2D eigenvalue weighted by Gasteiger charge is 2.34. The van der Waals surface area contributed by atoms with Crippen LogP contribution < -0.4 is 10.6 Å². The van der Waals surface area contributed by atoms with Crippen LogP contribution in [0.15, 0.2) is 24.3 Å². The summed E-state index contributed by atoms with van der Waals surface area (Å²) in [4.78, 5) is 12.6. The van der Waals surface area contributed by atoms with E-state index >= 15 is 0 Å².